The number of benzene rings is 1. The molecule has 0 fully saturated rings. The van der Waals surface area contributed by atoms with Gasteiger partial charge in [0.05, 0.1) is 6.42 Å². The fourth-order valence-corrected chi connectivity index (χ4v) is 2.52. The molecule has 0 spiro atoms. The number of hydrogen-bond donors (Lipinski definition) is 2. The van der Waals surface area contributed by atoms with Crippen molar-refractivity contribution in [1.82, 2.24) is 10.3 Å². The predicted molar refractivity (Wildman–Crippen MR) is 97.7 cm³/mol. The smallest absolute Gasteiger partial charge is 0.326 e. The summed E-state index contributed by atoms with van der Waals surface area (Å²) in [6.45, 7) is 4.23. The summed E-state index contributed by atoms with van der Waals surface area (Å²) in [6, 6.07) is 10.1. The van der Waals surface area contributed by atoms with Gasteiger partial charge in [-0.2, -0.15) is 0 Å². The maximum atomic E-state index is 12.2. The van der Waals surface area contributed by atoms with Gasteiger partial charge >= 0.3 is 5.97 Å². The van der Waals surface area contributed by atoms with Gasteiger partial charge in [-0.05, 0) is 36.1 Å². The Hall–Kier alpha value is -2.89. The Morgan fingerprint density at radius 1 is 1.19 bits per heavy atom. The third-order valence-electron chi connectivity index (χ3n) is 3.73. The van der Waals surface area contributed by atoms with Crippen molar-refractivity contribution in [3.05, 3.63) is 59.9 Å². The van der Waals surface area contributed by atoms with Crippen molar-refractivity contribution in [2.75, 3.05) is 0 Å². The van der Waals surface area contributed by atoms with E-state index < -0.39 is 12.0 Å². The van der Waals surface area contributed by atoms with E-state index in [1.165, 1.54) is 0 Å². The lowest BCUT2D eigenvalue weighted by Gasteiger charge is -2.16. The zero-order chi connectivity index (χ0) is 18.9. The number of amides is 1. The molecule has 0 aliphatic heterocycles. The van der Waals surface area contributed by atoms with Crippen molar-refractivity contribution in [3.63, 3.8) is 0 Å². The van der Waals surface area contributed by atoms with Crippen LogP contribution in [0.5, 0.6) is 5.75 Å². The second-order valence-electron chi connectivity index (χ2n) is 6.56. The van der Waals surface area contributed by atoms with E-state index >= 15 is 0 Å². The van der Waals surface area contributed by atoms with E-state index in [1.54, 1.807) is 18.5 Å². The fourth-order valence-electron chi connectivity index (χ4n) is 2.52. The van der Waals surface area contributed by atoms with Crippen LogP contribution in [0.1, 0.15) is 31.4 Å². The van der Waals surface area contributed by atoms with Crippen LogP contribution in [0, 0.1) is 5.92 Å². The highest BCUT2D eigenvalue weighted by atomic mass is 16.5. The van der Waals surface area contributed by atoms with Gasteiger partial charge in [0.15, 0.2) is 0 Å². The van der Waals surface area contributed by atoms with E-state index in [2.05, 4.69) is 10.3 Å². The molecular formula is C20H24N2O4. The molecule has 1 aromatic heterocycles. The van der Waals surface area contributed by atoms with E-state index in [1.807, 2.05) is 44.2 Å². The largest absolute Gasteiger partial charge is 0.489 e. The SMILES string of the molecule is CC(C)CC(NC(=O)Cc1cccc(OCc2cccnc2)c1)C(=O)O. The van der Waals surface area contributed by atoms with E-state index in [9.17, 15) is 14.7 Å². The molecule has 0 aliphatic rings. The fraction of sp³-hybridized carbons (Fsp3) is 0.350. The van der Waals surface area contributed by atoms with Crippen molar-refractivity contribution < 1.29 is 19.4 Å². The maximum Gasteiger partial charge on any atom is 0.326 e. The van der Waals surface area contributed by atoms with Crippen LogP contribution in [0.2, 0.25) is 0 Å². The van der Waals surface area contributed by atoms with E-state index in [0.717, 1.165) is 11.1 Å². The molecule has 0 saturated carbocycles. The van der Waals surface area contributed by atoms with Crippen LogP contribution in [0.4, 0.5) is 0 Å². The highest BCUT2D eigenvalue weighted by molar-refractivity contribution is 5.84. The number of ether oxygens (including phenoxy) is 1. The van der Waals surface area contributed by atoms with Gasteiger partial charge in [0.25, 0.3) is 0 Å². The predicted octanol–water partition coefficient (Wildman–Crippen LogP) is 2.82. The first kappa shape index (κ1) is 19.4. The lowest BCUT2D eigenvalue weighted by molar-refractivity contribution is -0.142. The normalized spacial score (nSPS) is 11.8. The lowest BCUT2D eigenvalue weighted by atomic mass is 10.0. The Kier molecular flexibility index (Phi) is 7.14. The van der Waals surface area contributed by atoms with Crippen molar-refractivity contribution in [2.24, 2.45) is 5.92 Å². The molecule has 1 amide bonds. The summed E-state index contributed by atoms with van der Waals surface area (Å²) in [5, 5.41) is 11.8. The van der Waals surface area contributed by atoms with Crippen LogP contribution in [0.15, 0.2) is 48.8 Å². The van der Waals surface area contributed by atoms with Gasteiger partial charge in [0.1, 0.15) is 18.4 Å². The first-order chi connectivity index (χ1) is 12.4. The Labute approximate surface area is 153 Å². The second kappa shape index (κ2) is 9.56. The maximum absolute atomic E-state index is 12.2. The Morgan fingerprint density at radius 3 is 2.62 bits per heavy atom. The summed E-state index contributed by atoms with van der Waals surface area (Å²) in [7, 11) is 0. The van der Waals surface area contributed by atoms with Crippen LogP contribution in [-0.4, -0.2) is 28.0 Å². The summed E-state index contributed by atoms with van der Waals surface area (Å²) < 4.78 is 5.72. The van der Waals surface area contributed by atoms with Crippen molar-refractivity contribution in [1.29, 1.82) is 0 Å². The van der Waals surface area contributed by atoms with Gasteiger partial charge in [0, 0.05) is 18.0 Å². The van der Waals surface area contributed by atoms with Gasteiger partial charge in [-0.3, -0.25) is 9.78 Å². The summed E-state index contributed by atoms with van der Waals surface area (Å²) >= 11 is 0. The summed E-state index contributed by atoms with van der Waals surface area (Å²) in [5.74, 6) is -0.500. The third kappa shape index (κ3) is 6.55. The monoisotopic (exact) mass is 356 g/mol. The number of aromatic nitrogens is 1. The highest BCUT2D eigenvalue weighted by Crippen LogP contribution is 2.16. The number of rotatable bonds is 9. The Balaban J connectivity index is 1.92. The number of aliphatic carboxylic acids is 1. The van der Waals surface area contributed by atoms with E-state index in [0.29, 0.717) is 18.8 Å². The molecule has 2 rings (SSSR count). The number of carbonyl (C=O) groups excluding carboxylic acids is 1. The molecule has 0 bridgehead atoms. The zero-order valence-corrected chi connectivity index (χ0v) is 15.0. The van der Waals surface area contributed by atoms with Gasteiger partial charge < -0.3 is 15.2 Å². The van der Waals surface area contributed by atoms with Crippen LogP contribution in [0.25, 0.3) is 0 Å². The summed E-state index contributed by atoms with van der Waals surface area (Å²) in [4.78, 5) is 27.5. The minimum absolute atomic E-state index is 0.103. The molecule has 1 aromatic carbocycles. The molecule has 1 heterocycles. The minimum atomic E-state index is -1.01. The average molecular weight is 356 g/mol. The van der Waals surface area contributed by atoms with Crippen molar-refractivity contribution in [3.8, 4) is 5.75 Å². The molecule has 2 aromatic rings. The van der Waals surface area contributed by atoms with Crippen molar-refractivity contribution >= 4 is 11.9 Å². The number of pyridine rings is 1. The molecule has 0 aliphatic carbocycles. The van der Waals surface area contributed by atoms with Gasteiger partial charge in [0.2, 0.25) is 5.91 Å². The van der Waals surface area contributed by atoms with Crippen LogP contribution >= 0.6 is 0 Å². The first-order valence-electron chi connectivity index (χ1n) is 8.57. The number of carboxylic acids is 1. The van der Waals surface area contributed by atoms with Gasteiger partial charge in [-0.25, -0.2) is 4.79 Å². The minimum Gasteiger partial charge on any atom is -0.489 e. The van der Waals surface area contributed by atoms with Crippen molar-refractivity contribution in [2.45, 2.75) is 39.3 Å². The van der Waals surface area contributed by atoms with Crippen LogP contribution in [0.3, 0.4) is 0 Å². The molecule has 1 unspecified atom stereocenters. The summed E-state index contributed by atoms with van der Waals surface area (Å²) in [5.41, 5.74) is 1.72. The highest BCUT2D eigenvalue weighted by Gasteiger charge is 2.21. The first-order valence-corrected chi connectivity index (χ1v) is 8.57. The van der Waals surface area contributed by atoms with Gasteiger partial charge in [-0.1, -0.05) is 32.0 Å². The molecule has 1 atom stereocenters. The Morgan fingerprint density at radius 2 is 1.96 bits per heavy atom. The number of nitrogens with one attached hydrogen (secondary N) is 1. The molecular weight excluding hydrogens is 332 g/mol. The Bertz CT molecular complexity index is 732. The molecule has 0 saturated heterocycles. The standard InChI is InChI=1S/C20H24N2O4/c1-14(2)9-18(20(24)25)22-19(23)11-15-5-3-7-17(10-15)26-13-16-6-4-8-21-12-16/h3-8,10,12,14,18H,9,11,13H2,1-2H3,(H,22,23)(H,24,25). The molecule has 6 heteroatoms. The topological polar surface area (TPSA) is 88.5 Å². The van der Waals surface area contributed by atoms with E-state index in [4.69, 9.17) is 4.74 Å². The molecule has 2 N–H and O–H groups in total. The zero-order valence-electron chi connectivity index (χ0n) is 15.0. The number of nitrogens with zero attached hydrogens (tertiary/aromatic N) is 1. The van der Waals surface area contributed by atoms with Gasteiger partial charge in [-0.15, -0.1) is 0 Å². The number of carboxylic acid groups (broad SMARTS) is 1. The number of carbonyl (C=O) groups is 2. The molecule has 6 nitrogen and oxygen atoms in total. The lowest BCUT2D eigenvalue weighted by Crippen LogP contribution is -2.42. The van der Waals surface area contributed by atoms with Crippen LogP contribution in [-0.2, 0) is 22.6 Å². The molecule has 0 radical (unpaired) electrons. The molecule has 26 heavy (non-hydrogen) atoms. The summed E-state index contributed by atoms with van der Waals surface area (Å²) in [6.07, 6.45) is 3.94. The number of hydrogen-bond acceptors (Lipinski definition) is 4. The molecule has 138 valence electrons. The third-order valence-corrected chi connectivity index (χ3v) is 3.73. The quantitative estimate of drug-likeness (QED) is 0.721. The second-order valence-corrected chi connectivity index (χ2v) is 6.56. The average Bonchev–Trinajstić information content (AvgIpc) is 2.60. The van der Waals surface area contributed by atoms with Crippen LogP contribution < -0.4 is 10.1 Å². The van der Waals surface area contributed by atoms with E-state index in [-0.39, 0.29) is 18.2 Å².